The van der Waals surface area contributed by atoms with Crippen molar-refractivity contribution in [3.63, 3.8) is 0 Å². The van der Waals surface area contributed by atoms with Gasteiger partial charge in [-0.2, -0.15) is 5.10 Å². The van der Waals surface area contributed by atoms with Crippen LogP contribution < -0.4 is 5.32 Å². The van der Waals surface area contributed by atoms with Crippen LogP contribution in [0.4, 0.5) is 4.79 Å². The fraction of sp³-hybridized carbons (Fsp3) is 0.483. The normalized spacial score (nSPS) is 17.8. The van der Waals surface area contributed by atoms with Crippen LogP contribution in [0.2, 0.25) is 5.02 Å². The van der Waals surface area contributed by atoms with Gasteiger partial charge >= 0.3 is 6.03 Å². The zero-order valence-electron chi connectivity index (χ0n) is 22.6. The highest BCUT2D eigenvalue weighted by atomic mass is 35.5. The maximum absolute atomic E-state index is 13.8. The van der Waals surface area contributed by atoms with Crippen LogP contribution in [0, 0.1) is 13.8 Å². The summed E-state index contributed by atoms with van der Waals surface area (Å²) >= 11 is 6.58. The van der Waals surface area contributed by atoms with Gasteiger partial charge in [-0.25, -0.2) is 9.80 Å². The van der Waals surface area contributed by atoms with Crippen LogP contribution in [0.3, 0.4) is 0 Å². The molecule has 0 saturated carbocycles. The van der Waals surface area contributed by atoms with Crippen molar-refractivity contribution in [2.24, 2.45) is 5.10 Å². The molecule has 0 bridgehead atoms. The fourth-order valence-electron chi connectivity index (χ4n) is 4.74. The number of halogens is 1. The van der Waals surface area contributed by atoms with Crippen molar-refractivity contribution in [1.29, 1.82) is 0 Å². The van der Waals surface area contributed by atoms with Crippen molar-refractivity contribution in [1.82, 2.24) is 20.1 Å². The number of urea groups is 1. The van der Waals surface area contributed by atoms with Gasteiger partial charge < -0.3 is 15.0 Å². The molecule has 3 amide bonds. The van der Waals surface area contributed by atoms with E-state index in [1.165, 1.54) is 16.1 Å². The number of aryl methyl sites for hydroxylation is 2. The molecular formula is C29H38ClN5O3. The number of nitrogens with zero attached hydrogens (tertiary/aromatic N) is 4. The molecule has 2 aromatic rings. The van der Waals surface area contributed by atoms with Crippen LogP contribution in [0.5, 0.6) is 0 Å². The quantitative estimate of drug-likeness (QED) is 0.513. The predicted molar refractivity (Wildman–Crippen MR) is 151 cm³/mol. The summed E-state index contributed by atoms with van der Waals surface area (Å²) < 4.78 is 5.44. The van der Waals surface area contributed by atoms with Crippen molar-refractivity contribution < 1.29 is 14.3 Å². The molecule has 1 saturated heterocycles. The minimum Gasteiger partial charge on any atom is -0.379 e. The van der Waals surface area contributed by atoms with Gasteiger partial charge in [-0.3, -0.25) is 9.69 Å². The molecule has 4 rings (SSSR count). The van der Waals surface area contributed by atoms with Crippen molar-refractivity contribution in [3.8, 4) is 0 Å². The number of hydrogen-bond acceptors (Lipinski definition) is 5. The monoisotopic (exact) mass is 539 g/mol. The van der Waals surface area contributed by atoms with Gasteiger partial charge in [0.15, 0.2) is 0 Å². The van der Waals surface area contributed by atoms with Crippen molar-refractivity contribution in [3.05, 3.63) is 69.7 Å². The highest BCUT2D eigenvalue weighted by Gasteiger charge is 2.35. The van der Waals surface area contributed by atoms with Crippen molar-refractivity contribution in [2.75, 3.05) is 52.5 Å². The van der Waals surface area contributed by atoms with E-state index in [-0.39, 0.29) is 24.5 Å². The Labute approximate surface area is 230 Å². The van der Waals surface area contributed by atoms with Crippen LogP contribution in [0.15, 0.2) is 47.6 Å². The van der Waals surface area contributed by atoms with Gasteiger partial charge in [0.1, 0.15) is 6.54 Å². The zero-order chi connectivity index (χ0) is 27.1. The Hall–Kier alpha value is -2.94. The number of amides is 3. The third kappa shape index (κ3) is 6.92. The van der Waals surface area contributed by atoms with Crippen LogP contribution in [-0.2, 0) is 9.53 Å². The lowest BCUT2D eigenvalue weighted by Gasteiger charge is -2.31. The first kappa shape index (κ1) is 28.1. The molecule has 1 fully saturated rings. The minimum absolute atomic E-state index is 0.0649. The first-order valence-electron chi connectivity index (χ1n) is 13.4. The van der Waals surface area contributed by atoms with Gasteiger partial charge in [0, 0.05) is 44.2 Å². The van der Waals surface area contributed by atoms with E-state index in [0.717, 1.165) is 36.3 Å². The average Bonchev–Trinajstić information content (AvgIpc) is 3.37. The molecule has 0 radical (unpaired) electrons. The van der Waals surface area contributed by atoms with Gasteiger partial charge in [0.25, 0.3) is 5.91 Å². The molecule has 1 N–H and O–H groups in total. The summed E-state index contributed by atoms with van der Waals surface area (Å²) in [7, 11) is 0. The second kappa shape index (κ2) is 13.2. The number of rotatable bonds is 9. The second-order valence-electron chi connectivity index (χ2n) is 9.93. The Kier molecular flexibility index (Phi) is 9.77. The fourth-order valence-corrected chi connectivity index (χ4v) is 5.00. The Morgan fingerprint density at radius 3 is 2.61 bits per heavy atom. The van der Waals surface area contributed by atoms with Crippen LogP contribution in [-0.4, -0.2) is 84.9 Å². The average molecular weight is 540 g/mol. The van der Waals surface area contributed by atoms with Crippen LogP contribution >= 0.6 is 11.6 Å². The summed E-state index contributed by atoms with van der Waals surface area (Å²) in [5.41, 5.74) is 5.05. The number of nitrogens with one attached hydrogen (secondary N) is 1. The molecule has 0 aromatic heterocycles. The Balaban J connectivity index is 1.57. The summed E-state index contributed by atoms with van der Waals surface area (Å²) in [4.78, 5) is 30.7. The number of benzene rings is 2. The van der Waals surface area contributed by atoms with E-state index < -0.39 is 0 Å². The first-order chi connectivity index (χ1) is 18.4. The SMILES string of the molecule is CCCNC(=O)N(CCN1CCOCC1)CC(=O)N1N=C(c2ccc(C)c(C)c2)C[C@H]1c1ccccc1Cl. The molecule has 0 unspecified atom stereocenters. The standard InChI is InChI=1S/C29H38ClN5O3/c1-4-11-31-29(37)34(13-12-33-14-16-38-17-15-33)20-28(36)35-27(24-7-5-6-8-25(24)30)19-26(32-35)23-10-9-21(2)22(3)18-23/h5-10,18,27H,4,11-17,19-20H2,1-3H3,(H,31,37)/t27-/m0/s1. The predicted octanol–water partition coefficient (Wildman–Crippen LogP) is 4.39. The second-order valence-corrected chi connectivity index (χ2v) is 10.3. The maximum Gasteiger partial charge on any atom is 0.317 e. The van der Waals surface area contributed by atoms with Crippen LogP contribution in [0.1, 0.15) is 48.1 Å². The molecule has 2 aliphatic rings. The summed E-state index contributed by atoms with van der Waals surface area (Å²) in [5, 5.41) is 9.86. The molecule has 8 nitrogen and oxygen atoms in total. The summed E-state index contributed by atoms with van der Waals surface area (Å²) in [6.07, 6.45) is 1.37. The van der Waals surface area contributed by atoms with E-state index in [9.17, 15) is 9.59 Å². The van der Waals surface area contributed by atoms with Gasteiger partial charge in [-0.1, -0.05) is 48.9 Å². The number of carbonyl (C=O) groups is 2. The molecule has 38 heavy (non-hydrogen) atoms. The van der Waals surface area contributed by atoms with Gasteiger partial charge in [-0.05, 0) is 54.7 Å². The van der Waals surface area contributed by atoms with E-state index in [4.69, 9.17) is 21.4 Å². The van der Waals surface area contributed by atoms with Gasteiger partial charge in [0.05, 0.1) is 25.0 Å². The molecule has 1 atom stereocenters. The molecule has 2 aromatic carbocycles. The first-order valence-corrected chi connectivity index (χ1v) is 13.8. The maximum atomic E-state index is 13.8. The Morgan fingerprint density at radius 2 is 1.89 bits per heavy atom. The van der Waals surface area contributed by atoms with Gasteiger partial charge in [-0.15, -0.1) is 0 Å². The summed E-state index contributed by atoms with van der Waals surface area (Å²) in [6, 6.07) is 13.2. The number of hydrogen-bond donors (Lipinski definition) is 1. The summed E-state index contributed by atoms with van der Waals surface area (Å²) in [5.74, 6) is -0.234. The number of carbonyl (C=O) groups excluding carboxylic acids is 2. The molecule has 0 spiro atoms. The minimum atomic E-state index is -0.340. The molecule has 2 aliphatic heterocycles. The Bertz CT molecular complexity index is 1160. The van der Waals surface area contributed by atoms with Crippen molar-refractivity contribution >= 4 is 29.3 Å². The molecule has 2 heterocycles. The van der Waals surface area contributed by atoms with E-state index in [0.29, 0.717) is 44.3 Å². The third-order valence-electron chi connectivity index (χ3n) is 7.20. The van der Waals surface area contributed by atoms with Gasteiger partial charge in [0.2, 0.25) is 0 Å². The number of ether oxygens (including phenoxy) is 1. The topological polar surface area (TPSA) is 77.5 Å². The molecular weight excluding hydrogens is 502 g/mol. The van der Waals surface area contributed by atoms with Crippen molar-refractivity contribution in [2.45, 2.75) is 39.7 Å². The van der Waals surface area contributed by atoms with E-state index in [2.05, 4.69) is 36.2 Å². The summed E-state index contributed by atoms with van der Waals surface area (Å²) in [6.45, 7) is 10.8. The van der Waals surface area contributed by atoms with Crippen LogP contribution in [0.25, 0.3) is 0 Å². The smallest absolute Gasteiger partial charge is 0.317 e. The lowest BCUT2D eigenvalue weighted by molar-refractivity contribution is -0.133. The number of hydrazone groups is 1. The number of morpholine rings is 1. The highest BCUT2D eigenvalue weighted by molar-refractivity contribution is 6.31. The Morgan fingerprint density at radius 1 is 1.13 bits per heavy atom. The van der Waals surface area contributed by atoms with E-state index >= 15 is 0 Å². The molecule has 9 heteroatoms. The van der Waals surface area contributed by atoms with E-state index in [1.54, 1.807) is 4.90 Å². The molecule has 204 valence electrons. The third-order valence-corrected chi connectivity index (χ3v) is 7.54. The largest absolute Gasteiger partial charge is 0.379 e. The van der Waals surface area contributed by atoms with E-state index in [1.807, 2.05) is 37.3 Å². The molecule has 0 aliphatic carbocycles. The lowest BCUT2D eigenvalue weighted by atomic mass is 9.96. The lowest BCUT2D eigenvalue weighted by Crippen LogP contribution is -2.49. The highest BCUT2D eigenvalue weighted by Crippen LogP contribution is 2.36. The zero-order valence-corrected chi connectivity index (χ0v) is 23.3.